The van der Waals surface area contributed by atoms with Crippen LogP contribution in [0.1, 0.15) is 47.9 Å². The second-order valence-corrected chi connectivity index (χ2v) is 7.81. The number of amides is 1. The number of alkyl halides is 2. The van der Waals surface area contributed by atoms with E-state index in [0.717, 1.165) is 12.8 Å². The van der Waals surface area contributed by atoms with Gasteiger partial charge in [-0.05, 0) is 31.5 Å². The number of aromatic nitrogens is 2. The van der Waals surface area contributed by atoms with Crippen molar-refractivity contribution in [2.24, 2.45) is 0 Å². The van der Waals surface area contributed by atoms with E-state index in [4.69, 9.17) is 4.74 Å². The number of rotatable bonds is 9. The molecule has 0 aliphatic carbocycles. The van der Waals surface area contributed by atoms with Crippen molar-refractivity contribution in [1.29, 1.82) is 0 Å². The molecule has 33 heavy (non-hydrogen) atoms. The van der Waals surface area contributed by atoms with Gasteiger partial charge in [0.1, 0.15) is 12.3 Å². The summed E-state index contributed by atoms with van der Waals surface area (Å²) < 4.78 is 43.4. The molecule has 2 N–H and O–H groups in total. The summed E-state index contributed by atoms with van der Waals surface area (Å²) >= 11 is 0. The maximum atomic E-state index is 13.4. The van der Waals surface area contributed by atoms with Gasteiger partial charge in [0.15, 0.2) is 22.9 Å². The van der Waals surface area contributed by atoms with Crippen LogP contribution in [0.15, 0.2) is 36.5 Å². The molecule has 2 aromatic heterocycles. The summed E-state index contributed by atoms with van der Waals surface area (Å²) in [7, 11) is 0. The number of nitrogens with zero attached hydrogens (tertiary/aromatic N) is 2. The molecule has 3 heterocycles. The van der Waals surface area contributed by atoms with Gasteiger partial charge >= 0.3 is 6.29 Å². The number of ether oxygens (including phenoxy) is 3. The van der Waals surface area contributed by atoms with Gasteiger partial charge in [0.05, 0.1) is 18.3 Å². The third kappa shape index (κ3) is 4.70. The van der Waals surface area contributed by atoms with Gasteiger partial charge in [0, 0.05) is 11.8 Å². The Hall–Kier alpha value is -3.40. The topological polar surface area (TPSA) is 94.3 Å². The van der Waals surface area contributed by atoms with Crippen molar-refractivity contribution in [2.75, 3.05) is 6.61 Å². The molecule has 0 bridgehead atoms. The second kappa shape index (κ2) is 9.22. The number of aliphatic hydroxyl groups excluding tert-OH is 1. The van der Waals surface area contributed by atoms with Gasteiger partial charge in [-0.1, -0.05) is 31.9 Å². The highest BCUT2D eigenvalue weighted by Gasteiger charge is 2.44. The first-order valence-corrected chi connectivity index (χ1v) is 10.7. The van der Waals surface area contributed by atoms with Crippen LogP contribution in [-0.2, 0) is 6.61 Å². The fourth-order valence-electron chi connectivity index (χ4n) is 3.75. The van der Waals surface area contributed by atoms with Gasteiger partial charge in [-0.15, -0.1) is 8.78 Å². The number of unbranched alkanes of at least 4 members (excludes halogenated alkanes) is 1. The first-order valence-electron chi connectivity index (χ1n) is 10.7. The molecule has 0 saturated carbocycles. The number of hydrogen-bond acceptors (Lipinski definition) is 6. The summed E-state index contributed by atoms with van der Waals surface area (Å²) in [5.74, 6) is -0.110. The Morgan fingerprint density at radius 2 is 2.12 bits per heavy atom. The summed E-state index contributed by atoms with van der Waals surface area (Å²) in [6.07, 6.45) is 0.495. The molecule has 0 saturated heterocycles. The van der Waals surface area contributed by atoms with Crippen molar-refractivity contribution in [2.45, 2.75) is 52.1 Å². The van der Waals surface area contributed by atoms with E-state index in [1.165, 1.54) is 6.07 Å². The number of imidazole rings is 1. The third-order valence-corrected chi connectivity index (χ3v) is 5.36. The number of pyridine rings is 1. The summed E-state index contributed by atoms with van der Waals surface area (Å²) in [5.41, 5.74) is 1.62. The number of fused-ring (bicyclic) bond motifs is 2. The van der Waals surface area contributed by atoms with E-state index in [0.29, 0.717) is 34.8 Å². The smallest absolute Gasteiger partial charge is 0.485 e. The molecular formula is C23H25F2N3O5. The summed E-state index contributed by atoms with van der Waals surface area (Å²) in [6, 6.07) is 7.60. The van der Waals surface area contributed by atoms with Gasteiger partial charge in [0.25, 0.3) is 5.91 Å². The first-order chi connectivity index (χ1) is 15.8. The van der Waals surface area contributed by atoms with E-state index in [1.54, 1.807) is 41.8 Å². The molecule has 0 spiro atoms. The van der Waals surface area contributed by atoms with Gasteiger partial charge < -0.3 is 24.6 Å². The number of halogens is 2. The molecule has 4 rings (SSSR count). The molecule has 1 aliphatic heterocycles. The normalized spacial score (nSPS) is 14.9. The van der Waals surface area contributed by atoms with Crippen LogP contribution in [0, 0.1) is 6.92 Å². The van der Waals surface area contributed by atoms with Crippen molar-refractivity contribution >= 4 is 11.6 Å². The van der Waals surface area contributed by atoms with Crippen LogP contribution in [0.5, 0.6) is 17.2 Å². The average Bonchev–Trinajstić information content (AvgIpc) is 3.29. The monoisotopic (exact) mass is 461 g/mol. The minimum absolute atomic E-state index is 0.0589. The van der Waals surface area contributed by atoms with Crippen molar-refractivity contribution in [1.82, 2.24) is 14.7 Å². The zero-order valence-corrected chi connectivity index (χ0v) is 18.3. The standard InChI is InChI=1S/C23H25F2N3O5/c1-3-4-8-16(12-29)27-22(30)19-14(2)26-21-18(10-6-11-28(19)21)31-13-15-7-5-9-17-20(15)33-23(24,25)32-17/h5-7,9-11,16,29H,3-4,8,12-13H2,1-2H3,(H,27,30). The Bertz CT molecular complexity index is 1160. The Morgan fingerprint density at radius 1 is 1.30 bits per heavy atom. The fourth-order valence-corrected chi connectivity index (χ4v) is 3.75. The predicted molar refractivity (Wildman–Crippen MR) is 115 cm³/mol. The van der Waals surface area contributed by atoms with E-state index in [1.807, 2.05) is 6.92 Å². The van der Waals surface area contributed by atoms with Crippen molar-refractivity contribution in [3.8, 4) is 17.2 Å². The lowest BCUT2D eigenvalue weighted by Gasteiger charge is -2.16. The lowest BCUT2D eigenvalue weighted by molar-refractivity contribution is -0.287. The first kappa shape index (κ1) is 22.8. The number of carbonyl (C=O) groups is 1. The van der Waals surface area contributed by atoms with Crippen LogP contribution in [0.2, 0.25) is 0 Å². The maximum Gasteiger partial charge on any atom is 0.586 e. The van der Waals surface area contributed by atoms with E-state index in [2.05, 4.69) is 19.8 Å². The lowest BCUT2D eigenvalue weighted by atomic mass is 10.1. The maximum absolute atomic E-state index is 13.4. The number of nitrogens with one attached hydrogen (secondary N) is 1. The fraction of sp³-hybridized carbons (Fsp3) is 0.391. The van der Waals surface area contributed by atoms with E-state index in [9.17, 15) is 18.7 Å². The zero-order valence-electron chi connectivity index (χ0n) is 18.3. The molecule has 1 aromatic carbocycles. The molecule has 0 fully saturated rings. The molecule has 1 aliphatic rings. The molecule has 176 valence electrons. The van der Waals surface area contributed by atoms with Crippen LogP contribution < -0.4 is 19.5 Å². The molecule has 1 amide bonds. The quantitative estimate of drug-likeness (QED) is 0.503. The highest BCUT2D eigenvalue weighted by atomic mass is 19.3. The van der Waals surface area contributed by atoms with Crippen LogP contribution in [0.4, 0.5) is 8.78 Å². The Morgan fingerprint density at radius 3 is 2.88 bits per heavy atom. The molecule has 3 aromatic rings. The lowest BCUT2D eigenvalue weighted by Crippen LogP contribution is -2.38. The van der Waals surface area contributed by atoms with E-state index >= 15 is 0 Å². The van der Waals surface area contributed by atoms with Gasteiger partial charge in [-0.3, -0.25) is 9.20 Å². The molecule has 8 nitrogen and oxygen atoms in total. The number of carbonyl (C=O) groups excluding carboxylic acids is 1. The summed E-state index contributed by atoms with van der Waals surface area (Å²) in [5, 5.41) is 12.4. The second-order valence-electron chi connectivity index (χ2n) is 7.81. The number of aliphatic hydroxyl groups is 1. The molecular weight excluding hydrogens is 436 g/mol. The van der Waals surface area contributed by atoms with Crippen LogP contribution >= 0.6 is 0 Å². The van der Waals surface area contributed by atoms with E-state index < -0.39 is 6.29 Å². The average molecular weight is 461 g/mol. The van der Waals surface area contributed by atoms with Gasteiger partial charge in [-0.25, -0.2) is 4.98 Å². The SMILES string of the molecule is CCCCC(CO)NC(=O)c1c(C)nc2c(OCc3cccc4c3OC(F)(F)O4)cccn12. The molecule has 0 radical (unpaired) electrons. The van der Waals surface area contributed by atoms with Gasteiger partial charge in [0.2, 0.25) is 0 Å². The number of aryl methyl sites for hydroxylation is 1. The highest BCUT2D eigenvalue weighted by Crippen LogP contribution is 2.43. The number of para-hydroxylation sites is 1. The third-order valence-electron chi connectivity index (χ3n) is 5.36. The zero-order chi connectivity index (χ0) is 23.6. The Kier molecular flexibility index (Phi) is 6.37. The molecule has 10 heteroatoms. The molecule has 1 atom stereocenters. The Balaban J connectivity index is 1.56. The number of hydrogen-bond donors (Lipinski definition) is 2. The highest BCUT2D eigenvalue weighted by molar-refractivity contribution is 5.95. The van der Waals surface area contributed by atoms with Gasteiger partial charge in [-0.2, -0.15) is 0 Å². The number of benzene rings is 1. The van der Waals surface area contributed by atoms with E-state index in [-0.39, 0.29) is 36.7 Å². The van der Waals surface area contributed by atoms with Crippen LogP contribution in [0.25, 0.3) is 5.65 Å². The van der Waals surface area contributed by atoms with Crippen molar-refractivity contribution < 1.29 is 32.9 Å². The van der Waals surface area contributed by atoms with Crippen LogP contribution in [0.3, 0.4) is 0 Å². The molecule has 1 unspecified atom stereocenters. The summed E-state index contributed by atoms with van der Waals surface area (Å²) in [6.45, 7) is 3.53. The minimum Gasteiger partial charge on any atom is -0.485 e. The summed E-state index contributed by atoms with van der Waals surface area (Å²) in [4.78, 5) is 17.4. The minimum atomic E-state index is -3.72. The van der Waals surface area contributed by atoms with Crippen molar-refractivity contribution in [3.05, 3.63) is 53.5 Å². The predicted octanol–water partition coefficient (Wildman–Crippen LogP) is 3.82. The van der Waals surface area contributed by atoms with Crippen LogP contribution in [-0.4, -0.2) is 39.3 Å². The Labute approximate surface area is 189 Å². The largest absolute Gasteiger partial charge is 0.586 e. The van der Waals surface area contributed by atoms with Crippen molar-refractivity contribution in [3.63, 3.8) is 0 Å².